The number of carbonyl (C=O) groups is 3. The Kier molecular flexibility index (Phi) is 7.77. The van der Waals surface area contributed by atoms with Crippen molar-refractivity contribution < 1.29 is 24.2 Å². The van der Waals surface area contributed by atoms with Gasteiger partial charge in [0.2, 0.25) is 11.8 Å². The van der Waals surface area contributed by atoms with Crippen molar-refractivity contribution in [1.82, 2.24) is 9.80 Å². The first kappa shape index (κ1) is 29.3. The maximum atomic E-state index is 14.8. The highest BCUT2D eigenvalue weighted by Crippen LogP contribution is 2.54. The number of nitrogens with zero attached hydrogens (tertiary/aromatic N) is 3. The monoisotopic (exact) mass is 583 g/mol. The van der Waals surface area contributed by atoms with Crippen LogP contribution in [-0.4, -0.2) is 76.1 Å². The lowest BCUT2D eigenvalue weighted by Crippen LogP contribution is -2.59. The number of para-hydroxylation sites is 1. The van der Waals surface area contributed by atoms with Crippen LogP contribution < -0.4 is 4.90 Å². The van der Waals surface area contributed by atoms with E-state index in [2.05, 4.69) is 0 Å². The number of hydrogen-bond acceptors (Lipinski definition) is 5. The van der Waals surface area contributed by atoms with Crippen molar-refractivity contribution >= 4 is 23.4 Å². The maximum absolute atomic E-state index is 14.8. The van der Waals surface area contributed by atoms with Gasteiger partial charge in [-0.2, -0.15) is 0 Å². The summed E-state index contributed by atoms with van der Waals surface area (Å²) in [6.45, 7) is 8.80. The van der Waals surface area contributed by atoms with E-state index >= 15 is 0 Å². The Bertz CT molecular complexity index is 1450. The second-order valence-corrected chi connectivity index (χ2v) is 12.4. The second-order valence-electron chi connectivity index (χ2n) is 12.4. The lowest BCUT2D eigenvalue weighted by Gasteiger charge is -2.40. The zero-order valence-electron chi connectivity index (χ0n) is 25.3. The van der Waals surface area contributed by atoms with Crippen molar-refractivity contribution in [2.75, 3.05) is 24.6 Å². The molecule has 8 heteroatoms. The molecule has 6 rings (SSSR count). The van der Waals surface area contributed by atoms with Gasteiger partial charge in [0.05, 0.1) is 30.6 Å². The largest absolute Gasteiger partial charge is 0.394 e. The Hall–Kier alpha value is -3.75. The van der Waals surface area contributed by atoms with Crippen LogP contribution in [0.15, 0.2) is 72.8 Å². The number of aryl methyl sites for hydroxylation is 2. The van der Waals surface area contributed by atoms with E-state index in [9.17, 15) is 19.5 Å². The number of likely N-dealkylation sites (tertiary alicyclic amines) is 1. The summed E-state index contributed by atoms with van der Waals surface area (Å²) in [5.41, 5.74) is 2.38. The molecule has 4 heterocycles. The molecule has 2 saturated heterocycles. The molecule has 4 aliphatic rings. The number of amides is 3. The summed E-state index contributed by atoms with van der Waals surface area (Å²) < 4.78 is 6.82. The summed E-state index contributed by atoms with van der Waals surface area (Å²) in [6, 6.07) is 14.1. The molecule has 1 spiro atoms. The normalized spacial score (nSPS) is 29.7. The van der Waals surface area contributed by atoms with E-state index in [1.165, 1.54) is 0 Å². The Morgan fingerprint density at radius 1 is 0.953 bits per heavy atom. The van der Waals surface area contributed by atoms with E-state index in [0.29, 0.717) is 26.1 Å². The highest BCUT2D eigenvalue weighted by Gasteiger charge is 2.72. The van der Waals surface area contributed by atoms with Crippen LogP contribution in [0.25, 0.3) is 0 Å². The highest BCUT2D eigenvalue weighted by atomic mass is 16.5. The van der Waals surface area contributed by atoms with Gasteiger partial charge in [-0.15, -0.1) is 0 Å². The summed E-state index contributed by atoms with van der Waals surface area (Å²) in [5.74, 6) is -2.48. The number of anilines is 1. The average molecular weight is 584 g/mol. The number of ether oxygens (including phenoxy) is 1. The van der Waals surface area contributed by atoms with E-state index in [-0.39, 0.29) is 30.2 Å². The van der Waals surface area contributed by atoms with E-state index in [4.69, 9.17) is 4.74 Å². The molecule has 0 bridgehead atoms. The first-order valence-corrected chi connectivity index (χ1v) is 15.4. The number of aliphatic hydroxyl groups excluding tert-OH is 1. The zero-order chi connectivity index (χ0) is 30.5. The third-order valence-corrected chi connectivity index (χ3v) is 9.95. The van der Waals surface area contributed by atoms with Crippen LogP contribution in [0, 0.1) is 31.6 Å². The van der Waals surface area contributed by atoms with E-state index < -0.39 is 35.6 Å². The van der Waals surface area contributed by atoms with Crippen LogP contribution in [0.5, 0.6) is 0 Å². The summed E-state index contributed by atoms with van der Waals surface area (Å²) in [7, 11) is 0. The third-order valence-electron chi connectivity index (χ3n) is 9.95. The van der Waals surface area contributed by atoms with E-state index in [1.807, 2.05) is 101 Å². The van der Waals surface area contributed by atoms with Crippen molar-refractivity contribution in [2.45, 2.75) is 64.4 Å². The van der Waals surface area contributed by atoms with Crippen LogP contribution in [-0.2, 0) is 25.7 Å². The average Bonchev–Trinajstić information content (AvgIpc) is 3.32. The van der Waals surface area contributed by atoms with Crippen LogP contribution in [0.3, 0.4) is 0 Å². The van der Waals surface area contributed by atoms with E-state index in [1.54, 1.807) is 14.7 Å². The number of fused-ring (bicyclic) bond motifs is 2. The molecule has 226 valence electrons. The lowest BCUT2D eigenvalue weighted by molar-refractivity contribution is -0.148. The fraction of sp³-hybridized carbons (Fsp3) is 0.457. The second kappa shape index (κ2) is 11.4. The first-order valence-electron chi connectivity index (χ1n) is 15.4. The predicted octanol–water partition coefficient (Wildman–Crippen LogP) is 3.79. The van der Waals surface area contributed by atoms with Crippen molar-refractivity contribution in [3.8, 4) is 0 Å². The number of aliphatic hydroxyl groups is 1. The Morgan fingerprint density at radius 2 is 1.67 bits per heavy atom. The molecular formula is C35H41N3O5. The molecular weight excluding hydrogens is 542 g/mol. The smallest absolute Gasteiger partial charge is 0.253 e. The minimum absolute atomic E-state index is 0.0754. The first-order chi connectivity index (χ1) is 20.7. The van der Waals surface area contributed by atoms with Crippen LogP contribution >= 0.6 is 0 Å². The Labute approximate surface area is 253 Å². The Morgan fingerprint density at radius 3 is 2.35 bits per heavy atom. The molecule has 0 aromatic heterocycles. The lowest BCUT2D eigenvalue weighted by atomic mass is 9.77. The zero-order valence-corrected chi connectivity index (χ0v) is 25.3. The van der Waals surface area contributed by atoms with E-state index in [0.717, 1.165) is 22.4 Å². The molecule has 8 nitrogen and oxygen atoms in total. The molecule has 2 aromatic carbocycles. The molecule has 0 radical (unpaired) electrons. The molecule has 0 saturated carbocycles. The number of hydrogen-bond donors (Lipinski definition) is 1. The minimum atomic E-state index is -1.34. The van der Waals surface area contributed by atoms with Crippen molar-refractivity contribution in [3.63, 3.8) is 0 Å². The molecule has 0 aliphatic carbocycles. The third kappa shape index (κ3) is 4.62. The van der Waals surface area contributed by atoms with Gasteiger partial charge >= 0.3 is 0 Å². The van der Waals surface area contributed by atoms with Crippen LogP contribution in [0.1, 0.15) is 37.0 Å². The maximum Gasteiger partial charge on any atom is 0.253 e. The van der Waals surface area contributed by atoms with Crippen molar-refractivity contribution in [2.24, 2.45) is 17.8 Å². The number of carbonyl (C=O) groups excluding carboxylic acids is 3. The topological polar surface area (TPSA) is 90.4 Å². The fourth-order valence-electron chi connectivity index (χ4n) is 7.68. The molecule has 1 N–H and O–H groups in total. The number of benzene rings is 2. The standard InChI is InChI=1S/C35H41N3O5/c1-5-22(2)26(21-39)38-31-34(42)37(30-23(3)12-9-13-24(30)4)19-11-17-35(31)29(33(38)41)28-27(43-35)16-10-18-36(32(28)40)20-25-14-7-6-8-15-25/h6-17,22,26-29,31,39H,5,18-21H2,1-4H3/t22-,26-,27+,28-,29-,31?,35-/m0/s1. The summed E-state index contributed by atoms with van der Waals surface area (Å²) in [5, 5.41) is 10.7. The van der Waals surface area contributed by atoms with Gasteiger partial charge in [-0.1, -0.05) is 93.1 Å². The quantitative estimate of drug-likeness (QED) is 0.501. The highest BCUT2D eigenvalue weighted by molar-refractivity contribution is 6.06. The molecule has 3 amide bonds. The van der Waals surface area contributed by atoms with Gasteiger partial charge < -0.3 is 24.5 Å². The fourth-order valence-corrected chi connectivity index (χ4v) is 7.68. The van der Waals surface area contributed by atoms with Gasteiger partial charge in [0.25, 0.3) is 5.91 Å². The number of rotatable bonds is 7. The Balaban J connectivity index is 1.46. The molecule has 7 atom stereocenters. The van der Waals surface area contributed by atoms with Gasteiger partial charge in [-0.05, 0) is 36.5 Å². The summed E-state index contributed by atoms with van der Waals surface area (Å²) in [6.07, 6.45) is 7.66. The van der Waals surface area contributed by atoms with Crippen molar-refractivity contribution in [1.29, 1.82) is 0 Å². The van der Waals surface area contributed by atoms with Crippen molar-refractivity contribution in [3.05, 3.63) is 89.5 Å². The van der Waals surface area contributed by atoms with Gasteiger partial charge in [0.1, 0.15) is 11.6 Å². The van der Waals surface area contributed by atoms with Gasteiger partial charge in [0.15, 0.2) is 0 Å². The molecule has 1 unspecified atom stereocenters. The molecule has 2 fully saturated rings. The summed E-state index contributed by atoms with van der Waals surface area (Å²) in [4.78, 5) is 49.0. The molecule has 43 heavy (non-hydrogen) atoms. The molecule has 4 aliphatic heterocycles. The summed E-state index contributed by atoms with van der Waals surface area (Å²) >= 11 is 0. The SMILES string of the molecule is CC[C@H](C)[C@H](CO)N1C(=O)[C@@H]2[C@H]3C(=O)N(Cc4ccccc4)CC=C[C@H]3O[C@@]23C=CCN(c2c(C)cccc2C)C(=O)C13. The van der Waals surface area contributed by atoms with Crippen LogP contribution in [0.2, 0.25) is 0 Å². The minimum Gasteiger partial charge on any atom is -0.394 e. The predicted molar refractivity (Wildman–Crippen MR) is 164 cm³/mol. The van der Waals surface area contributed by atoms with Gasteiger partial charge in [-0.3, -0.25) is 14.4 Å². The van der Waals surface area contributed by atoms with Crippen LogP contribution in [0.4, 0.5) is 5.69 Å². The van der Waals surface area contributed by atoms with Gasteiger partial charge in [0, 0.05) is 25.3 Å². The van der Waals surface area contributed by atoms with Gasteiger partial charge in [-0.25, -0.2) is 0 Å². The molecule has 2 aromatic rings.